The number of hydrogen-bond acceptors (Lipinski definition) is 0. The van der Waals surface area contributed by atoms with Crippen molar-refractivity contribution in [3.8, 4) is 0 Å². The van der Waals surface area contributed by atoms with Gasteiger partial charge in [-0.05, 0) is 73.4 Å². The van der Waals surface area contributed by atoms with E-state index in [-0.39, 0.29) is 16.2 Å². The van der Waals surface area contributed by atoms with E-state index in [0.717, 1.165) is 0 Å². The molecular weight excluding hydrogens is 398 g/mol. The smallest absolute Gasteiger partial charge is 0.0551 e. The summed E-state index contributed by atoms with van der Waals surface area (Å²) in [6, 6.07) is 21.1. The molecule has 0 unspecified atom stereocenters. The summed E-state index contributed by atoms with van der Waals surface area (Å²) < 4.78 is 0. The molecule has 1 heteroatoms. The van der Waals surface area contributed by atoms with E-state index >= 15 is 0 Å². The molecule has 5 rings (SSSR count). The van der Waals surface area contributed by atoms with E-state index in [9.17, 15) is 0 Å². The molecule has 1 heterocycles. The third-order valence-corrected chi connectivity index (χ3v) is 7.26. The highest BCUT2D eigenvalue weighted by atomic mass is 14.7. The van der Waals surface area contributed by atoms with Crippen molar-refractivity contribution in [3.63, 3.8) is 0 Å². The van der Waals surface area contributed by atoms with Gasteiger partial charge in [0.25, 0.3) is 0 Å². The monoisotopic (exact) mass is 435 g/mol. The topological polar surface area (TPSA) is 15.8 Å². The molecule has 0 atom stereocenters. The van der Waals surface area contributed by atoms with E-state index in [1.54, 1.807) is 0 Å². The van der Waals surface area contributed by atoms with Crippen molar-refractivity contribution in [1.29, 1.82) is 0 Å². The molecule has 0 saturated carbocycles. The van der Waals surface area contributed by atoms with Crippen LogP contribution in [0.2, 0.25) is 0 Å². The fourth-order valence-electron chi connectivity index (χ4n) is 5.04. The molecule has 170 valence electrons. The van der Waals surface area contributed by atoms with Crippen LogP contribution in [0.3, 0.4) is 0 Å². The zero-order chi connectivity index (χ0) is 23.9. The summed E-state index contributed by atoms with van der Waals surface area (Å²) in [5, 5.41) is 8.03. The summed E-state index contributed by atoms with van der Waals surface area (Å²) in [5.41, 5.74) is 6.93. The first-order valence-corrected chi connectivity index (χ1v) is 12.2. The number of aromatic amines is 1. The van der Waals surface area contributed by atoms with Crippen molar-refractivity contribution in [1.82, 2.24) is 4.98 Å². The predicted octanol–water partition coefficient (Wildman–Crippen LogP) is 9.52. The van der Waals surface area contributed by atoms with Crippen LogP contribution in [-0.2, 0) is 16.2 Å². The molecule has 0 fully saturated rings. The van der Waals surface area contributed by atoms with E-state index in [2.05, 4.69) is 122 Å². The van der Waals surface area contributed by atoms with Crippen molar-refractivity contribution in [2.45, 2.75) is 78.6 Å². The molecule has 0 aliphatic rings. The summed E-state index contributed by atoms with van der Waals surface area (Å²) in [7, 11) is 0. The van der Waals surface area contributed by atoms with Crippen LogP contribution in [0, 0.1) is 0 Å². The lowest BCUT2D eigenvalue weighted by atomic mass is 9.82. The van der Waals surface area contributed by atoms with Crippen LogP contribution in [-0.4, -0.2) is 4.98 Å². The van der Waals surface area contributed by atoms with Crippen LogP contribution in [0.5, 0.6) is 0 Å². The molecule has 0 aliphatic heterocycles. The average molecular weight is 436 g/mol. The van der Waals surface area contributed by atoms with Crippen LogP contribution in [0.1, 0.15) is 79.0 Å². The summed E-state index contributed by atoms with van der Waals surface area (Å²) >= 11 is 0. The van der Waals surface area contributed by atoms with Gasteiger partial charge in [0.15, 0.2) is 0 Å². The van der Waals surface area contributed by atoms with Gasteiger partial charge in [-0.3, -0.25) is 0 Å². The highest BCUT2D eigenvalue weighted by Gasteiger charge is 2.21. The number of aromatic nitrogens is 1. The van der Waals surface area contributed by atoms with E-state index in [1.807, 2.05) is 0 Å². The maximum absolute atomic E-state index is 3.82. The van der Waals surface area contributed by atoms with E-state index in [0.29, 0.717) is 0 Å². The number of rotatable bonds is 0. The maximum Gasteiger partial charge on any atom is 0.0551 e. The minimum Gasteiger partial charge on any atom is -0.354 e. The molecule has 0 amide bonds. The summed E-state index contributed by atoms with van der Waals surface area (Å²) in [6.45, 7) is 20.7. The fraction of sp³-hybridized carbons (Fsp3) is 0.375. The summed E-state index contributed by atoms with van der Waals surface area (Å²) in [5.74, 6) is 0. The third kappa shape index (κ3) is 3.53. The normalized spacial score (nSPS) is 13.6. The molecule has 1 N–H and O–H groups in total. The Morgan fingerprint density at radius 1 is 0.455 bits per heavy atom. The summed E-state index contributed by atoms with van der Waals surface area (Å²) in [6.07, 6.45) is 0. The molecule has 5 aromatic rings. The zero-order valence-electron chi connectivity index (χ0n) is 21.7. The lowest BCUT2D eigenvalue weighted by molar-refractivity contribution is 0.591. The van der Waals surface area contributed by atoms with E-state index < -0.39 is 0 Å². The maximum atomic E-state index is 3.82. The Bertz CT molecular complexity index is 1540. The quantitative estimate of drug-likeness (QED) is 0.233. The van der Waals surface area contributed by atoms with Gasteiger partial charge in [0.1, 0.15) is 0 Å². The third-order valence-electron chi connectivity index (χ3n) is 7.26. The van der Waals surface area contributed by atoms with Gasteiger partial charge in [-0.25, -0.2) is 0 Å². The first-order valence-electron chi connectivity index (χ1n) is 12.2. The second-order valence-electron chi connectivity index (χ2n) is 12.9. The van der Waals surface area contributed by atoms with Gasteiger partial charge in [-0.2, -0.15) is 0 Å². The first-order chi connectivity index (χ1) is 15.2. The Morgan fingerprint density at radius 2 is 0.909 bits per heavy atom. The molecule has 1 nitrogen and oxygen atoms in total. The molecule has 0 bridgehead atoms. The molecule has 0 spiro atoms. The van der Waals surface area contributed by atoms with E-state index in [4.69, 9.17) is 0 Å². The molecule has 0 aliphatic carbocycles. The molecule has 1 aromatic heterocycles. The van der Waals surface area contributed by atoms with Crippen molar-refractivity contribution >= 4 is 43.4 Å². The largest absolute Gasteiger partial charge is 0.354 e. The predicted molar refractivity (Wildman–Crippen MR) is 147 cm³/mol. The standard InChI is InChI=1S/C32H37N/c1-30(2,3)19-11-14-23-24(16-19)22-13-10-20(31(4,5)6)17-25(22)29-28(23)26-18-21(32(7,8)9)12-15-27(26)33-29/h10-18,33H,1-9H3. The number of H-pyrrole nitrogens is 1. The van der Waals surface area contributed by atoms with Gasteiger partial charge in [0.2, 0.25) is 0 Å². The van der Waals surface area contributed by atoms with Crippen LogP contribution in [0.15, 0.2) is 54.6 Å². The SMILES string of the molecule is CC(C)(C)c1ccc2c(c1)c1ccc(C(C)(C)C)cc1c1[nH]c3ccc(C(C)(C)C)cc3c21. The number of benzene rings is 4. The lowest BCUT2D eigenvalue weighted by Gasteiger charge is -2.22. The minimum absolute atomic E-state index is 0.105. The van der Waals surface area contributed by atoms with Crippen LogP contribution >= 0.6 is 0 Å². The van der Waals surface area contributed by atoms with E-state index in [1.165, 1.54) is 60.0 Å². The van der Waals surface area contributed by atoms with Crippen LogP contribution < -0.4 is 0 Å². The van der Waals surface area contributed by atoms with Crippen molar-refractivity contribution < 1.29 is 0 Å². The Labute approximate surface area is 198 Å². The Balaban J connectivity index is 2.02. The van der Waals surface area contributed by atoms with Gasteiger partial charge in [0.05, 0.1) is 5.52 Å². The number of fused-ring (bicyclic) bond motifs is 8. The number of nitrogens with one attached hydrogen (secondary N) is 1. The van der Waals surface area contributed by atoms with Crippen LogP contribution in [0.4, 0.5) is 0 Å². The molecular formula is C32H37N. The minimum atomic E-state index is 0.105. The average Bonchev–Trinajstić information content (AvgIpc) is 3.10. The Morgan fingerprint density at radius 3 is 1.45 bits per heavy atom. The van der Waals surface area contributed by atoms with Gasteiger partial charge < -0.3 is 4.98 Å². The zero-order valence-corrected chi connectivity index (χ0v) is 21.7. The van der Waals surface area contributed by atoms with Crippen molar-refractivity contribution in [3.05, 3.63) is 71.3 Å². The second-order valence-corrected chi connectivity index (χ2v) is 12.9. The van der Waals surface area contributed by atoms with Gasteiger partial charge in [0, 0.05) is 21.7 Å². The summed E-state index contributed by atoms with van der Waals surface area (Å²) in [4.78, 5) is 3.82. The molecule has 33 heavy (non-hydrogen) atoms. The van der Waals surface area contributed by atoms with Crippen LogP contribution in [0.25, 0.3) is 43.4 Å². The van der Waals surface area contributed by atoms with Gasteiger partial charge >= 0.3 is 0 Å². The molecule has 0 radical (unpaired) electrons. The second kappa shape index (κ2) is 6.86. The Hall–Kier alpha value is -2.80. The molecule has 4 aromatic carbocycles. The number of hydrogen-bond donors (Lipinski definition) is 1. The van der Waals surface area contributed by atoms with Crippen molar-refractivity contribution in [2.75, 3.05) is 0 Å². The molecule has 0 saturated heterocycles. The fourth-order valence-corrected chi connectivity index (χ4v) is 5.04. The van der Waals surface area contributed by atoms with Gasteiger partial charge in [-0.15, -0.1) is 0 Å². The van der Waals surface area contributed by atoms with Crippen molar-refractivity contribution in [2.24, 2.45) is 0 Å². The first kappa shape index (κ1) is 22.0. The highest BCUT2D eigenvalue weighted by Crippen LogP contribution is 2.42. The Kier molecular flexibility index (Phi) is 4.57. The lowest BCUT2D eigenvalue weighted by Crippen LogP contribution is -2.11. The highest BCUT2D eigenvalue weighted by molar-refractivity contribution is 6.31. The van der Waals surface area contributed by atoms with Gasteiger partial charge in [-0.1, -0.05) is 92.6 Å².